The molecule has 1 aromatic heterocycles. The maximum Gasteiger partial charge on any atom is 0.172 e. The van der Waals surface area contributed by atoms with Crippen LogP contribution in [0.3, 0.4) is 0 Å². The van der Waals surface area contributed by atoms with E-state index in [9.17, 15) is 5.11 Å². The van der Waals surface area contributed by atoms with Crippen molar-refractivity contribution in [2.45, 2.75) is 6.54 Å². The fourth-order valence-corrected chi connectivity index (χ4v) is 3.80. The molecule has 2 aromatic carbocycles. The summed E-state index contributed by atoms with van der Waals surface area (Å²) in [4.78, 5) is 2.29. The number of methoxy groups -OCH3 is 1. The van der Waals surface area contributed by atoms with Crippen molar-refractivity contribution in [3.63, 3.8) is 0 Å². The third-order valence-electron chi connectivity index (χ3n) is 5.34. The molecule has 0 aliphatic carbocycles. The average molecular weight is 391 g/mol. The summed E-state index contributed by atoms with van der Waals surface area (Å²) >= 11 is 0. The first kappa shape index (κ1) is 17.9. The lowest BCUT2D eigenvalue weighted by Gasteiger charge is -2.27. The molecule has 0 atom stereocenters. The Kier molecular flexibility index (Phi) is 4.54. The Bertz CT molecular complexity index is 1130. The summed E-state index contributed by atoms with van der Waals surface area (Å²) in [6.07, 6.45) is 1.73. The number of furan rings is 1. The molecule has 0 saturated carbocycles. The van der Waals surface area contributed by atoms with E-state index in [2.05, 4.69) is 15.1 Å². The Morgan fingerprint density at radius 2 is 1.97 bits per heavy atom. The quantitative estimate of drug-likeness (QED) is 0.704. The zero-order valence-corrected chi connectivity index (χ0v) is 16.1. The number of aromatic hydroxyl groups is 1. The molecule has 148 valence electrons. The molecule has 2 aliphatic heterocycles. The molecule has 1 saturated heterocycles. The van der Waals surface area contributed by atoms with Crippen LogP contribution in [0.2, 0.25) is 0 Å². The van der Waals surface area contributed by atoms with Gasteiger partial charge in [0.25, 0.3) is 0 Å². The third kappa shape index (κ3) is 3.18. The topological polar surface area (TPSA) is 79.8 Å². The van der Waals surface area contributed by atoms with Crippen LogP contribution in [-0.2, 0) is 11.3 Å². The van der Waals surface area contributed by atoms with Gasteiger partial charge in [0, 0.05) is 31.3 Å². The van der Waals surface area contributed by atoms with Gasteiger partial charge in [-0.25, -0.2) is 0 Å². The van der Waals surface area contributed by atoms with Gasteiger partial charge < -0.3 is 19.0 Å². The first-order valence-corrected chi connectivity index (χ1v) is 9.59. The summed E-state index contributed by atoms with van der Waals surface area (Å²) in [6.45, 7) is 3.78. The number of benzene rings is 2. The molecule has 2 aliphatic rings. The molecule has 3 heterocycles. The second kappa shape index (κ2) is 7.35. The standard InChI is InChI=1S/C22H21N3O4/c1-27-19-7-6-15-21(26)20(12-18-14-4-2-3-5-17(14)23-24-18)29-22(15)16(19)13-25-8-10-28-11-9-25/h2-7,12,26H,8-11,13H2,1H3. The molecule has 7 heteroatoms. The first-order chi connectivity index (χ1) is 14.2. The number of ether oxygens (including phenoxy) is 2. The summed E-state index contributed by atoms with van der Waals surface area (Å²) in [5.74, 6) is 1.20. The lowest BCUT2D eigenvalue weighted by molar-refractivity contribution is 0.0339. The lowest BCUT2D eigenvalue weighted by Crippen LogP contribution is -2.35. The van der Waals surface area contributed by atoms with Gasteiger partial charge in [0.05, 0.1) is 42.7 Å². The number of azo groups is 1. The molecule has 0 unspecified atom stereocenters. The van der Waals surface area contributed by atoms with Crippen molar-refractivity contribution in [3.05, 3.63) is 53.3 Å². The molecule has 1 fully saturated rings. The monoisotopic (exact) mass is 391 g/mol. The Morgan fingerprint density at radius 3 is 2.79 bits per heavy atom. The molecule has 1 N–H and O–H groups in total. The number of rotatable bonds is 4. The highest BCUT2D eigenvalue weighted by Gasteiger charge is 2.22. The average Bonchev–Trinajstić information content (AvgIpc) is 3.31. The minimum Gasteiger partial charge on any atom is -0.504 e. The molecule has 0 spiro atoms. The van der Waals surface area contributed by atoms with Crippen LogP contribution in [0.4, 0.5) is 5.69 Å². The fourth-order valence-electron chi connectivity index (χ4n) is 3.80. The van der Waals surface area contributed by atoms with E-state index >= 15 is 0 Å². The minimum absolute atomic E-state index is 0.0953. The maximum absolute atomic E-state index is 10.8. The highest BCUT2D eigenvalue weighted by atomic mass is 16.5. The SMILES string of the molecule is COc1ccc2c(O)c(C=C3N=Nc4ccccc43)oc2c1CN1CCOCC1. The van der Waals surface area contributed by atoms with Crippen molar-refractivity contribution in [1.29, 1.82) is 0 Å². The van der Waals surface area contributed by atoms with Crippen molar-refractivity contribution in [2.24, 2.45) is 10.2 Å². The number of hydrogen-bond donors (Lipinski definition) is 1. The van der Waals surface area contributed by atoms with E-state index in [-0.39, 0.29) is 5.75 Å². The van der Waals surface area contributed by atoms with Crippen LogP contribution in [-0.4, -0.2) is 43.4 Å². The fraction of sp³-hybridized carbons (Fsp3) is 0.273. The molecule has 0 bridgehead atoms. The summed E-state index contributed by atoms with van der Waals surface area (Å²) < 4.78 is 17.1. The van der Waals surface area contributed by atoms with Crippen molar-refractivity contribution < 1.29 is 19.0 Å². The highest BCUT2D eigenvalue weighted by molar-refractivity contribution is 5.95. The molecule has 5 rings (SSSR count). The second-order valence-corrected chi connectivity index (χ2v) is 7.07. The summed E-state index contributed by atoms with van der Waals surface area (Å²) in [5, 5.41) is 19.9. The summed E-state index contributed by atoms with van der Waals surface area (Å²) in [7, 11) is 1.64. The predicted octanol–water partition coefficient (Wildman–Crippen LogP) is 4.57. The Hall–Kier alpha value is -3.16. The van der Waals surface area contributed by atoms with E-state index in [1.165, 1.54) is 0 Å². The zero-order valence-electron chi connectivity index (χ0n) is 16.1. The van der Waals surface area contributed by atoms with Gasteiger partial charge in [-0.05, 0) is 18.2 Å². The molecular formula is C22H21N3O4. The largest absolute Gasteiger partial charge is 0.504 e. The predicted molar refractivity (Wildman–Crippen MR) is 109 cm³/mol. The van der Waals surface area contributed by atoms with Crippen LogP contribution in [0.1, 0.15) is 16.9 Å². The van der Waals surface area contributed by atoms with E-state index in [1.807, 2.05) is 36.4 Å². The maximum atomic E-state index is 10.8. The van der Waals surface area contributed by atoms with Gasteiger partial charge in [-0.3, -0.25) is 4.90 Å². The zero-order chi connectivity index (χ0) is 19.8. The number of nitrogens with zero attached hydrogens (tertiary/aromatic N) is 3. The molecule has 0 amide bonds. The third-order valence-corrected chi connectivity index (χ3v) is 5.34. The Balaban J connectivity index is 1.58. The van der Waals surface area contributed by atoms with E-state index in [4.69, 9.17) is 13.9 Å². The summed E-state index contributed by atoms with van der Waals surface area (Å²) in [6, 6.07) is 11.4. The smallest absolute Gasteiger partial charge is 0.172 e. The normalized spacial score (nSPS) is 17.9. The van der Waals surface area contributed by atoms with Gasteiger partial charge in [-0.1, -0.05) is 18.2 Å². The van der Waals surface area contributed by atoms with E-state index in [0.717, 1.165) is 35.7 Å². The second-order valence-electron chi connectivity index (χ2n) is 7.07. The molecule has 7 nitrogen and oxygen atoms in total. The van der Waals surface area contributed by atoms with Gasteiger partial charge >= 0.3 is 0 Å². The Morgan fingerprint density at radius 1 is 1.14 bits per heavy atom. The first-order valence-electron chi connectivity index (χ1n) is 9.59. The molecule has 29 heavy (non-hydrogen) atoms. The van der Waals surface area contributed by atoms with Gasteiger partial charge in [-0.2, -0.15) is 0 Å². The number of morpholine rings is 1. The van der Waals surface area contributed by atoms with E-state index < -0.39 is 0 Å². The van der Waals surface area contributed by atoms with Gasteiger partial charge in [0.1, 0.15) is 11.3 Å². The van der Waals surface area contributed by atoms with E-state index in [1.54, 1.807) is 13.2 Å². The Labute approximate surface area is 167 Å². The van der Waals surface area contributed by atoms with Gasteiger partial charge in [-0.15, -0.1) is 10.2 Å². The molecule has 0 radical (unpaired) electrons. The summed E-state index contributed by atoms with van der Waals surface area (Å²) in [5.41, 5.74) is 3.93. The van der Waals surface area contributed by atoms with Crippen molar-refractivity contribution >= 4 is 28.4 Å². The molecular weight excluding hydrogens is 370 g/mol. The van der Waals surface area contributed by atoms with Crippen LogP contribution in [0.25, 0.3) is 22.7 Å². The number of fused-ring (bicyclic) bond motifs is 2. The molecule has 3 aromatic rings. The van der Waals surface area contributed by atoms with Crippen LogP contribution in [0, 0.1) is 0 Å². The lowest BCUT2D eigenvalue weighted by atomic mass is 10.1. The van der Waals surface area contributed by atoms with Crippen LogP contribution in [0.15, 0.2) is 51.0 Å². The van der Waals surface area contributed by atoms with Crippen LogP contribution >= 0.6 is 0 Å². The van der Waals surface area contributed by atoms with Crippen molar-refractivity contribution in [1.82, 2.24) is 4.90 Å². The minimum atomic E-state index is 0.0953. The van der Waals surface area contributed by atoms with Crippen LogP contribution in [0.5, 0.6) is 11.5 Å². The number of hydrogen-bond acceptors (Lipinski definition) is 7. The van der Waals surface area contributed by atoms with Gasteiger partial charge in [0.15, 0.2) is 11.5 Å². The van der Waals surface area contributed by atoms with Crippen molar-refractivity contribution in [3.8, 4) is 11.5 Å². The van der Waals surface area contributed by atoms with Crippen molar-refractivity contribution in [2.75, 3.05) is 33.4 Å². The van der Waals surface area contributed by atoms with Crippen LogP contribution < -0.4 is 4.74 Å². The highest BCUT2D eigenvalue weighted by Crippen LogP contribution is 2.42. The van der Waals surface area contributed by atoms with Gasteiger partial charge in [0.2, 0.25) is 0 Å². The van der Waals surface area contributed by atoms with E-state index in [0.29, 0.717) is 42.2 Å².